The lowest BCUT2D eigenvalue weighted by Gasteiger charge is -2.21. The number of nitrogens with zero attached hydrogens (tertiary/aromatic N) is 2. The van der Waals surface area contributed by atoms with Crippen molar-refractivity contribution in [3.8, 4) is 33.6 Å². The van der Waals surface area contributed by atoms with E-state index in [2.05, 4.69) is 162 Å². The largest absolute Gasteiger partial charge is 0.237 e. The summed E-state index contributed by atoms with van der Waals surface area (Å²) >= 11 is 0. The second-order valence-electron chi connectivity index (χ2n) is 12.5. The topological polar surface area (TPSA) is 25.8 Å². The van der Waals surface area contributed by atoms with Crippen molar-refractivity contribution in [2.45, 2.75) is 0 Å². The van der Waals surface area contributed by atoms with Crippen LogP contribution in [0.15, 0.2) is 170 Å². The van der Waals surface area contributed by atoms with Gasteiger partial charge in [0, 0.05) is 18.0 Å². The van der Waals surface area contributed by atoms with Crippen LogP contribution in [0.3, 0.4) is 0 Å². The highest BCUT2D eigenvalue weighted by Crippen LogP contribution is 2.49. The molecule has 0 radical (unpaired) electrons. The summed E-state index contributed by atoms with van der Waals surface area (Å²) in [5.74, 6) is 0.722. The highest BCUT2D eigenvalue weighted by atomic mass is 14.8. The molecular formula is C46H28N2. The molecule has 222 valence electrons. The molecule has 48 heavy (non-hydrogen) atoms. The first kappa shape index (κ1) is 26.8. The molecule has 0 atom stereocenters. The second kappa shape index (κ2) is 10.6. The SMILES string of the molecule is c1cnc(-c2ccc3c(-c4cc5ccccc5c5ccccc45)c4ccccc4c(-c4cc5ccccc5c5ccccc45)c3c2)nc1. The van der Waals surface area contributed by atoms with Crippen LogP contribution in [0, 0.1) is 0 Å². The second-order valence-corrected chi connectivity index (χ2v) is 12.5. The average molecular weight is 609 g/mol. The lowest BCUT2D eigenvalue weighted by molar-refractivity contribution is 1.18. The molecule has 0 aliphatic heterocycles. The summed E-state index contributed by atoms with van der Waals surface area (Å²) in [7, 11) is 0. The van der Waals surface area contributed by atoms with Crippen LogP contribution >= 0.6 is 0 Å². The quantitative estimate of drug-likeness (QED) is 0.147. The van der Waals surface area contributed by atoms with E-state index in [4.69, 9.17) is 0 Å². The Balaban J connectivity index is 1.43. The van der Waals surface area contributed by atoms with Gasteiger partial charge in [0.05, 0.1) is 0 Å². The summed E-state index contributed by atoms with van der Waals surface area (Å²) in [5, 5.41) is 14.9. The molecule has 10 rings (SSSR count). The zero-order valence-corrected chi connectivity index (χ0v) is 26.1. The fraction of sp³-hybridized carbons (Fsp3) is 0. The maximum atomic E-state index is 4.66. The zero-order valence-electron chi connectivity index (χ0n) is 26.1. The lowest BCUT2D eigenvalue weighted by Crippen LogP contribution is -1.95. The van der Waals surface area contributed by atoms with E-state index in [9.17, 15) is 0 Å². The first-order valence-corrected chi connectivity index (χ1v) is 16.4. The van der Waals surface area contributed by atoms with Crippen LogP contribution in [0.25, 0.3) is 98.3 Å². The molecule has 0 N–H and O–H groups in total. The van der Waals surface area contributed by atoms with Gasteiger partial charge in [0.15, 0.2) is 5.82 Å². The monoisotopic (exact) mass is 608 g/mol. The Morgan fingerprint density at radius 1 is 0.292 bits per heavy atom. The molecule has 0 saturated heterocycles. The summed E-state index contributed by atoms with van der Waals surface area (Å²) < 4.78 is 0. The van der Waals surface area contributed by atoms with E-state index in [-0.39, 0.29) is 0 Å². The summed E-state index contributed by atoms with van der Waals surface area (Å²) in [6, 6.07) is 57.5. The Labute approximate surface area is 277 Å². The first-order valence-electron chi connectivity index (χ1n) is 16.4. The molecule has 2 heteroatoms. The minimum absolute atomic E-state index is 0.722. The summed E-state index contributed by atoms with van der Waals surface area (Å²) in [6.45, 7) is 0. The molecular weight excluding hydrogens is 581 g/mol. The summed E-state index contributed by atoms with van der Waals surface area (Å²) in [4.78, 5) is 9.31. The number of hydrogen-bond acceptors (Lipinski definition) is 2. The van der Waals surface area contributed by atoms with Gasteiger partial charge in [-0.15, -0.1) is 0 Å². The number of rotatable bonds is 3. The van der Waals surface area contributed by atoms with Crippen LogP contribution < -0.4 is 0 Å². The zero-order chi connectivity index (χ0) is 31.6. The first-order chi connectivity index (χ1) is 23.8. The summed E-state index contributed by atoms with van der Waals surface area (Å²) in [6.07, 6.45) is 3.63. The lowest BCUT2D eigenvalue weighted by atomic mass is 9.82. The maximum absolute atomic E-state index is 4.66. The Morgan fingerprint density at radius 2 is 0.708 bits per heavy atom. The van der Waals surface area contributed by atoms with Crippen LogP contribution in [0.1, 0.15) is 0 Å². The Bertz CT molecular complexity index is 2890. The van der Waals surface area contributed by atoms with E-state index in [1.165, 1.54) is 86.9 Å². The van der Waals surface area contributed by atoms with Gasteiger partial charge >= 0.3 is 0 Å². The van der Waals surface area contributed by atoms with Gasteiger partial charge in [-0.05, 0) is 111 Å². The van der Waals surface area contributed by atoms with E-state index in [0.717, 1.165) is 11.4 Å². The molecule has 0 bridgehead atoms. The minimum atomic E-state index is 0.722. The third-order valence-corrected chi connectivity index (χ3v) is 9.92. The molecule has 0 spiro atoms. The molecule has 10 aromatic rings. The summed E-state index contributed by atoms with van der Waals surface area (Å²) in [5.41, 5.74) is 5.95. The molecule has 0 aliphatic rings. The van der Waals surface area contributed by atoms with Crippen molar-refractivity contribution < 1.29 is 0 Å². The van der Waals surface area contributed by atoms with E-state index in [0.29, 0.717) is 0 Å². The predicted octanol–water partition coefficient (Wildman–Crippen LogP) is 12.4. The maximum Gasteiger partial charge on any atom is 0.159 e. The molecule has 0 fully saturated rings. The van der Waals surface area contributed by atoms with Crippen LogP contribution in [-0.2, 0) is 0 Å². The van der Waals surface area contributed by atoms with Gasteiger partial charge in [0.2, 0.25) is 0 Å². The minimum Gasteiger partial charge on any atom is -0.237 e. The van der Waals surface area contributed by atoms with Crippen molar-refractivity contribution in [3.63, 3.8) is 0 Å². The van der Waals surface area contributed by atoms with Crippen molar-refractivity contribution in [2.75, 3.05) is 0 Å². The van der Waals surface area contributed by atoms with Crippen molar-refractivity contribution in [1.82, 2.24) is 9.97 Å². The fourth-order valence-electron chi connectivity index (χ4n) is 7.87. The number of hydrogen-bond donors (Lipinski definition) is 0. The Kier molecular flexibility index (Phi) is 5.91. The van der Waals surface area contributed by atoms with E-state index in [1.54, 1.807) is 0 Å². The normalized spacial score (nSPS) is 11.8. The highest BCUT2D eigenvalue weighted by Gasteiger charge is 2.21. The van der Waals surface area contributed by atoms with Crippen LogP contribution in [0.5, 0.6) is 0 Å². The fourth-order valence-corrected chi connectivity index (χ4v) is 7.87. The molecule has 0 saturated carbocycles. The van der Waals surface area contributed by atoms with Gasteiger partial charge in [-0.25, -0.2) is 9.97 Å². The Hall–Kier alpha value is -6.38. The van der Waals surface area contributed by atoms with Crippen molar-refractivity contribution >= 4 is 64.6 Å². The number of benzene rings is 9. The van der Waals surface area contributed by atoms with Crippen molar-refractivity contribution in [1.29, 1.82) is 0 Å². The average Bonchev–Trinajstić information content (AvgIpc) is 3.16. The third kappa shape index (κ3) is 4.00. The highest BCUT2D eigenvalue weighted by molar-refractivity contribution is 6.28. The molecule has 0 unspecified atom stereocenters. The van der Waals surface area contributed by atoms with Gasteiger partial charge in [-0.2, -0.15) is 0 Å². The van der Waals surface area contributed by atoms with Gasteiger partial charge in [-0.3, -0.25) is 0 Å². The molecule has 0 aliphatic carbocycles. The smallest absolute Gasteiger partial charge is 0.159 e. The molecule has 0 amide bonds. The molecule has 9 aromatic carbocycles. The molecule has 1 heterocycles. The van der Waals surface area contributed by atoms with Gasteiger partial charge in [0.25, 0.3) is 0 Å². The molecule has 1 aromatic heterocycles. The van der Waals surface area contributed by atoms with Crippen LogP contribution in [0.4, 0.5) is 0 Å². The van der Waals surface area contributed by atoms with E-state index in [1.807, 2.05) is 18.5 Å². The van der Waals surface area contributed by atoms with Crippen molar-refractivity contribution in [2.24, 2.45) is 0 Å². The third-order valence-electron chi connectivity index (χ3n) is 9.92. The predicted molar refractivity (Wildman–Crippen MR) is 203 cm³/mol. The van der Waals surface area contributed by atoms with Gasteiger partial charge < -0.3 is 0 Å². The van der Waals surface area contributed by atoms with Crippen molar-refractivity contribution in [3.05, 3.63) is 170 Å². The Morgan fingerprint density at radius 3 is 1.25 bits per heavy atom. The van der Waals surface area contributed by atoms with Crippen LogP contribution in [-0.4, -0.2) is 9.97 Å². The molecule has 2 nitrogen and oxygen atoms in total. The van der Waals surface area contributed by atoms with Crippen LogP contribution in [0.2, 0.25) is 0 Å². The van der Waals surface area contributed by atoms with Gasteiger partial charge in [-0.1, -0.05) is 133 Å². The van der Waals surface area contributed by atoms with E-state index < -0.39 is 0 Å². The van der Waals surface area contributed by atoms with E-state index >= 15 is 0 Å². The number of aromatic nitrogens is 2. The van der Waals surface area contributed by atoms with Gasteiger partial charge in [0.1, 0.15) is 0 Å². The number of fused-ring (bicyclic) bond motifs is 8. The standard InChI is InChI=1S/C46H28N2/c1-3-14-32-29(12-1)26-41(36-18-7-5-16-34(32)36)44-38-20-9-10-21-39(38)45(43-28-31(22-23-40(43)44)46-47-24-11-25-48-46)42-27-30-13-2-4-15-33(30)35-17-6-8-19-37(35)42/h1-28H.